The zero-order chi connectivity index (χ0) is 9.41. The minimum atomic E-state index is -0.118. The van der Waals surface area contributed by atoms with Crippen molar-refractivity contribution < 1.29 is 9.53 Å². The average molecular weight is 170 g/mol. The fraction of sp³-hybridized carbons (Fsp3) is 0.900. The molecule has 0 aliphatic heterocycles. The Morgan fingerprint density at radius 2 is 1.92 bits per heavy atom. The van der Waals surface area contributed by atoms with Crippen molar-refractivity contribution in [2.45, 2.75) is 40.0 Å². The van der Waals surface area contributed by atoms with Gasteiger partial charge in [-0.15, -0.1) is 0 Å². The Kier molecular flexibility index (Phi) is 2.19. The third kappa shape index (κ3) is 1.99. The second kappa shape index (κ2) is 2.75. The molecule has 0 unspecified atom stereocenters. The maximum Gasteiger partial charge on any atom is 0.311 e. The lowest BCUT2D eigenvalue weighted by molar-refractivity contribution is -0.148. The number of methoxy groups -OCH3 is 1. The second-order valence-electron chi connectivity index (χ2n) is 5.01. The zero-order valence-corrected chi connectivity index (χ0v) is 8.44. The van der Waals surface area contributed by atoms with Crippen molar-refractivity contribution >= 4 is 5.97 Å². The lowest BCUT2D eigenvalue weighted by Crippen LogP contribution is -2.23. The Bertz CT molecular complexity index is 185. The first-order valence-electron chi connectivity index (χ1n) is 4.48. The number of carbonyl (C=O) groups is 1. The Balaban J connectivity index is 2.56. The molecule has 2 heteroatoms. The predicted molar refractivity (Wildman–Crippen MR) is 47.8 cm³/mol. The first kappa shape index (κ1) is 9.56. The van der Waals surface area contributed by atoms with Gasteiger partial charge in [-0.3, -0.25) is 4.79 Å². The first-order chi connectivity index (χ1) is 5.40. The van der Waals surface area contributed by atoms with Gasteiger partial charge in [-0.1, -0.05) is 20.8 Å². The highest BCUT2D eigenvalue weighted by Gasteiger charge is 2.52. The minimum Gasteiger partial charge on any atom is -0.469 e. The van der Waals surface area contributed by atoms with Gasteiger partial charge in [0, 0.05) is 0 Å². The van der Waals surface area contributed by atoms with E-state index < -0.39 is 0 Å². The van der Waals surface area contributed by atoms with Crippen LogP contribution in [0.2, 0.25) is 0 Å². The van der Waals surface area contributed by atoms with E-state index in [1.54, 1.807) is 0 Å². The molecule has 1 fully saturated rings. The van der Waals surface area contributed by atoms with E-state index in [-0.39, 0.29) is 16.8 Å². The van der Waals surface area contributed by atoms with Gasteiger partial charge in [0.05, 0.1) is 12.5 Å². The molecule has 1 saturated carbocycles. The van der Waals surface area contributed by atoms with Gasteiger partial charge >= 0.3 is 5.97 Å². The molecule has 0 atom stereocenters. The van der Waals surface area contributed by atoms with Crippen LogP contribution in [-0.2, 0) is 9.53 Å². The fourth-order valence-electron chi connectivity index (χ4n) is 1.84. The molecular weight excluding hydrogens is 152 g/mol. The van der Waals surface area contributed by atoms with Crippen molar-refractivity contribution in [3.8, 4) is 0 Å². The van der Waals surface area contributed by atoms with Gasteiger partial charge in [0.2, 0.25) is 0 Å². The maximum atomic E-state index is 11.4. The van der Waals surface area contributed by atoms with Crippen molar-refractivity contribution in [1.82, 2.24) is 0 Å². The molecule has 12 heavy (non-hydrogen) atoms. The van der Waals surface area contributed by atoms with Crippen molar-refractivity contribution in [2.75, 3.05) is 7.11 Å². The SMILES string of the molecule is COC(=O)C1(CC(C)(C)C)CC1. The molecule has 0 aromatic rings. The van der Waals surface area contributed by atoms with Crippen LogP contribution in [0.5, 0.6) is 0 Å². The minimum absolute atomic E-state index is 0.0163. The summed E-state index contributed by atoms with van der Waals surface area (Å²) in [6, 6.07) is 0. The summed E-state index contributed by atoms with van der Waals surface area (Å²) >= 11 is 0. The second-order valence-corrected chi connectivity index (χ2v) is 5.01. The highest BCUT2D eigenvalue weighted by Crippen LogP contribution is 2.53. The average Bonchev–Trinajstić information content (AvgIpc) is 2.64. The van der Waals surface area contributed by atoms with E-state index in [0.29, 0.717) is 0 Å². The summed E-state index contributed by atoms with van der Waals surface area (Å²) in [6.45, 7) is 6.49. The largest absolute Gasteiger partial charge is 0.469 e. The van der Waals surface area contributed by atoms with E-state index in [1.807, 2.05) is 0 Å². The summed E-state index contributed by atoms with van der Waals surface area (Å²) in [7, 11) is 1.48. The number of carbonyl (C=O) groups excluding carboxylic acids is 1. The van der Waals surface area contributed by atoms with Gasteiger partial charge in [0.15, 0.2) is 0 Å². The molecule has 1 aliphatic rings. The zero-order valence-electron chi connectivity index (χ0n) is 8.44. The molecule has 0 spiro atoms. The summed E-state index contributed by atoms with van der Waals surface area (Å²) in [5, 5.41) is 0. The standard InChI is InChI=1S/C10H18O2/c1-9(2,3)7-10(5-6-10)8(11)12-4/h5-7H2,1-4H3. The van der Waals surface area contributed by atoms with Crippen LogP contribution in [0.25, 0.3) is 0 Å². The van der Waals surface area contributed by atoms with E-state index >= 15 is 0 Å². The summed E-state index contributed by atoms with van der Waals surface area (Å²) < 4.78 is 4.78. The molecule has 0 radical (unpaired) electrons. The molecule has 0 aromatic carbocycles. The fourth-order valence-corrected chi connectivity index (χ4v) is 1.84. The summed E-state index contributed by atoms with van der Waals surface area (Å²) in [5.74, 6) is -0.0163. The molecule has 2 nitrogen and oxygen atoms in total. The first-order valence-corrected chi connectivity index (χ1v) is 4.48. The van der Waals surface area contributed by atoms with Gasteiger partial charge in [-0.2, -0.15) is 0 Å². The molecule has 70 valence electrons. The molecule has 1 rings (SSSR count). The van der Waals surface area contributed by atoms with Crippen LogP contribution < -0.4 is 0 Å². The Morgan fingerprint density at radius 1 is 1.42 bits per heavy atom. The summed E-state index contributed by atoms with van der Waals surface area (Å²) in [4.78, 5) is 11.4. The normalized spacial score (nSPS) is 20.3. The maximum absolute atomic E-state index is 11.4. The van der Waals surface area contributed by atoms with E-state index in [4.69, 9.17) is 4.74 Å². The number of rotatable bonds is 2. The van der Waals surface area contributed by atoms with E-state index in [9.17, 15) is 4.79 Å². The topological polar surface area (TPSA) is 26.3 Å². The predicted octanol–water partition coefficient (Wildman–Crippen LogP) is 2.38. The van der Waals surface area contributed by atoms with Gasteiger partial charge < -0.3 is 4.74 Å². The van der Waals surface area contributed by atoms with Crippen LogP contribution in [0.3, 0.4) is 0 Å². The molecule has 0 aromatic heterocycles. The number of hydrogen-bond donors (Lipinski definition) is 0. The highest BCUT2D eigenvalue weighted by molar-refractivity contribution is 5.79. The lowest BCUT2D eigenvalue weighted by atomic mass is 9.83. The van der Waals surface area contributed by atoms with Crippen LogP contribution in [0.1, 0.15) is 40.0 Å². The van der Waals surface area contributed by atoms with Crippen LogP contribution in [0.15, 0.2) is 0 Å². The summed E-state index contributed by atoms with van der Waals surface area (Å²) in [5.41, 5.74) is 0.109. The van der Waals surface area contributed by atoms with Crippen molar-refractivity contribution in [2.24, 2.45) is 10.8 Å². The summed E-state index contributed by atoms with van der Waals surface area (Å²) in [6.07, 6.45) is 2.97. The van der Waals surface area contributed by atoms with Crippen molar-refractivity contribution in [3.05, 3.63) is 0 Å². The van der Waals surface area contributed by atoms with Gasteiger partial charge in [-0.05, 0) is 24.7 Å². The van der Waals surface area contributed by atoms with Crippen LogP contribution in [-0.4, -0.2) is 13.1 Å². The Morgan fingerprint density at radius 3 is 2.17 bits per heavy atom. The van der Waals surface area contributed by atoms with E-state index in [0.717, 1.165) is 19.3 Å². The molecular formula is C10H18O2. The number of hydrogen-bond acceptors (Lipinski definition) is 2. The van der Waals surface area contributed by atoms with Gasteiger partial charge in [-0.25, -0.2) is 0 Å². The quantitative estimate of drug-likeness (QED) is 0.595. The van der Waals surface area contributed by atoms with Crippen LogP contribution >= 0.6 is 0 Å². The number of ether oxygens (including phenoxy) is 1. The van der Waals surface area contributed by atoms with Gasteiger partial charge in [0.25, 0.3) is 0 Å². The van der Waals surface area contributed by atoms with E-state index in [2.05, 4.69) is 20.8 Å². The van der Waals surface area contributed by atoms with Crippen LogP contribution in [0, 0.1) is 10.8 Å². The smallest absolute Gasteiger partial charge is 0.311 e. The number of esters is 1. The van der Waals surface area contributed by atoms with Gasteiger partial charge in [0.1, 0.15) is 0 Å². The van der Waals surface area contributed by atoms with Crippen LogP contribution in [0.4, 0.5) is 0 Å². The molecule has 1 aliphatic carbocycles. The van der Waals surface area contributed by atoms with Crippen molar-refractivity contribution in [1.29, 1.82) is 0 Å². The molecule has 0 bridgehead atoms. The monoisotopic (exact) mass is 170 g/mol. The molecule has 0 amide bonds. The highest BCUT2D eigenvalue weighted by atomic mass is 16.5. The third-order valence-electron chi connectivity index (χ3n) is 2.34. The molecule has 0 saturated heterocycles. The Labute approximate surface area is 74.3 Å². The van der Waals surface area contributed by atoms with E-state index in [1.165, 1.54) is 7.11 Å². The Hall–Kier alpha value is -0.530. The van der Waals surface area contributed by atoms with Crippen molar-refractivity contribution in [3.63, 3.8) is 0 Å². The lowest BCUT2D eigenvalue weighted by Gasteiger charge is -2.23. The molecule has 0 heterocycles. The third-order valence-corrected chi connectivity index (χ3v) is 2.34. The molecule has 0 N–H and O–H groups in total.